The standard InChI is InChI=1S/C18H21N7O2S/c1-11-9-24(18(26)21-12-4-3-5-13(8-12)27-2)6-7-25(11)15-14-16(28-10-20-14)23-17(19)22-15/h3-5,8,10-11H,6-7,9H2,1-2H3,(H,21,26)(H2,19,22,23)/t11-/m0/s1. The van der Waals surface area contributed by atoms with Crippen LogP contribution in [0.1, 0.15) is 6.92 Å². The van der Waals surface area contributed by atoms with E-state index in [1.807, 2.05) is 18.2 Å². The maximum Gasteiger partial charge on any atom is 0.321 e. The van der Waals surface area contributed by atoms with Gasteiger partial charge in [0.1, 0.15) is 11.3 Å². The van der Waals surface area contributed by atoms with Gasteiger partial charge in [-0.25, -0.2) is 14.8 Å². The molecule has 1 aliphatic rings. The number of benzene rings is 1. The van der Waals surface area contributed by atoms with Gasteiger partial charge >= 0.3 is 6.03 Å². The summed E-state index contributed by atoms with van der Waals surface area (Å²) in [6, 6.07) is 7.23. The summed E-state index contributed by atoms with van der Waals surface area (Å²) in [6.45, 7) is 3.82. The number of hydrogen-bond acceptors (Lipinski definition) is 8. The van der Waals surface area contributed by atoms with E-state index in [1.54, 1.807) is 23.6 Å². The maximum atomic E-state index is 12.7. The molecule has 0 unspecified atom stereocenters. The number of methoxy groups -OCH3 is 1. The number of thiazole rings is 1. The summed E-state index contributed by atoms with van der Waals surface area (Å²) in [5.74, 6) is 1.66. The molecule has 4 rings (SSSR count). The fraction of sp³-hybridized carbons (Fsp3) is 0.333. The lowest BCUT2D eigenvalue weighted by molar-refractivity contribution is 0.200. The van der Waals surface area contributed by atoms with Crippen molar-refractivity contribution in [2.75, 3.05) is 42.7 Å². The molecule has 0 radical (unpaired) electrons. The molecule has 1 aliphatic heterocycles. The molecular weight excluding hydrogens is 378 g/mol. The SMILES string of the molecule is COc1cccc(NC(=O)N2CCN(c3nc(N)nc4scnc34)[C@@H](C)C2)c1. The van der Waals surface area contributed by atoms with E-state index in [0.717, 1.165) is 16.2 Å². The average molecular weight is 399 g/mol. The Balaban J connectivity index is 1.47. The lowest BCUT2D eigenvalue weighted by Crippen LogP contribution is -2.55. The van der Waals surface area contributed by atoms with E-state index in [2.05, 4.69) is 32.1 Å². The third kappa shape index (κ3) is 3.50. The number of piperazine rings is 1. The Bertz CT molecular complexity index is 1010. The van der Waals surface area contributed by atoms with Crippen LogP contribution in [0.2, 0.25) is 0 Å². The summed E-state index contributed by atoms with van der Waals surface area (Å²) in [7, 11) is 1.60. The highest BCUT2D eigenvalue weighted by atomic mass is 32.1. The Morgan fingerprint density at radius 3 is 3.00 bits per heavy atom. The summed E-state index contributed by atoms with van der Waals surface area (Å²) >= 11 is 1.44. The zero-order chi connectivity index (χ0) is 19.7. The molecule has 3 aromatic rings. The molecule has 9 nitrogen and oxygen atoms in total. The number of aromatic nitrogens is 3. The lowest BCUT2D eigenvalue weighted by Gasteiger charge is -2.40. The largest absolute Gasteiger partial charge is 0.497 e. The number of anilines is 3. The maximum absolute atomic E-state index is 12.7. The Morgan fingerprint density at radius 1 is 1.36 bits per heavy atom. The molecule has 0 saturated carbocycles. The number of urea groups is 1. The molecule has 146 valence electrons. The number of nitrogens with two attached hydrogens (primary N) is 1. The van der Waals surface area contributed by atoms with Crippen molar-refractivity contribution < 1.29 is 9.53 Å². The Labute approximate surface area is 166 Å². The number of ether oxygens (including phenoxy) is 1. The number of carbonyl (C=O) groups is 1. The van der Waals surface area contributed by atoms with E-state index in [-0.39, 0.29) is 18.0 Å². The molecule has 1 fully saturated rings. The number of fused-ring (bicyclic) bond motifs is 1. The number of rotatable bonds is 3. The van der Waals surface area contributed by atoms with Crippen LogP contribution < -0.4 is 20.7 Å². The zero-order valence-corrected chi connectivity index (χ0v) is 16.4. The van der Waals surface area contributed by atoms with Gasteiger partial charge in [0.2, 0.25) is 5.95 Å². The quantitative estimate of drug-likeness (QED) is 0.696. The van der Waals surface area contributed by atoms with E-state index in [0.29, 0.717) is 31.1 Å². The molecule has 3 heterocycles. The number of amides is 2. The molecule has 1 saturated heterocycles. The molecule has 0 spiro atoms. The van der Waals surface area contributed by atoms with Crippen LogP contribution in [-0.2, 0) is 0 Å². The number of nitrogens with zero attached hydrogens (tertiary/aromatic N) is 5. The highest BCUT2D eigenvalue weighted by Crippen LogP contribution is 2.29. The van der Waals surface area contributed by atoms with Crippen LogP contribution in [0.3, 0.4) is 0 Å². The summed E-state index contributed by atoms with van der Waals surface area (Å²) in [5.41, 5.74) is 9.06. The van der Waals surface area contributed by atoms with E-state index in [1.165, 1.54) is 11.3 Å². The molecule has 1 aromatic carbocycles. The van der Waals surface area contributed by atoms with E-state index < -0.39 is 0 Å². The average Bonchev–Trinajstić information content (AvgIpc) is 3.16. The van der Waals surface area contributed by atoms with Gasteiger partial charge in [0.15, 0.2) is 10.6 Å². The van der Waals surface area contributed by atoms with Gasteiger partial charge in [-0.1, -0.05) is 6.07 Å². The Morgan fingerprint density at radius 2 is 2.21 bits per heavy atom. The fourth-order valence-electron chi connectivity index (χ4n) is 3.32. The highest BCUT2D eigenvalue weighted by Gasteiger charge is 2.29. The summed E-state index contributed by atoms with van der Waals surface area (Å²) in [5, 5.41) is 2.93. The van der Waals surface area contributed by atoms with Crippen LogP contribution >= 0.6 is 11.3 Å². The van der Waals surface area contributed by atoms with Crippen molar-refractivity contribution >= 4 is 45.2 Å². The smallest absolute Gasteiger partial charge is 0.321 e. The minimum absolute atomic E-state index is 0.0593. The predicted molar refractivity (Wildman–Crippen MR) is 110 cm³/mol. The Hall–Kier alpha value is -3.14. The van der Waals surface area contributed by atoms with Gasteiger partial charge in [-0.3, -0.25) is 0 Å². The van der Waals surface area contributed by atoms with Crippen molar-refractivity contribution in [1.29, 1.82) is 0 Å². The van der Waals surface area contributed by atoms with Crippen molar-refractivity contribution in [2.45, 2.75) is 13.0 Å². The second-order valence-electron chi connectivity index (χ2n) is 6.56. The number of nitrogens with one attached hydrogen (secondary N) is 1. The van der Waals surface area contributed by atoms with Gasteiger partial charge in [-0.05, 0) is 19.1 Å². The first-order chi connectivity index (χ1) is 13.5. The number of nitrogen functional groups attached to an aromatic ring is 1. The van der Waals surface area contributed by atoms with Crippen LogP contribution in [0.15, 0.2) is 29.8 Å². The third-order valence-corrected chi connectivity index (χ3v) is 5.42. The van der Waals surface area contributed by atoms with E-state index in [9.17, 15) is 4.79 Å². The van der Waals surface area contributed by atoms with Crippen LogP contribution in [0, 0.1) is 0 Å². The topological polar surface area (TPSA) is 110 Å². The number of hydrogen-bond donors (Lipinski definition) is 2. The van der Waals surface area contributed by atoms with Crippen LogP contribution in [0.25, 0.3) is 10.3 Å². The van der Waals surface area contributed by atoms with Gasteiger partial charge in [0, 0.05) is 37.4 Å². The highest BCUT2D eigenvalue weighted by molar-refractivity contribution is 7.16. The third-order valence-electron chi connectivity index (χ3n) is 4.70. The molecule has 3 N–H and O–H groups in total. The normalized spacial score (nSPS) is 17.0. The van der Waals surface area contributed by atoms with Crippen LogP contribution in [0.5, 0.6) is 5.75 Å². The van der Waals surface area contributed by atoms with Gasteiger partial charge < -0.3 is 25.6 Å². The predicted octanol–water partition coefficient (Wildman–Crippen LogP) is 2.42. The monoisotopic (exact) mass is 399 g/mol. The summed E-state index contributed by atoms with van der Waals surface area (Å²) in [6.07, 6.45) is 0. The molecule has 0 bridgehead atoms. The molecule has 10 heteroatoms. The number of carbonyl (C=O) groups excluding carboxylic acids is 1. The van der Waals surface area contributed by atoms with Crippen molar-refractivity contribution in [2.24, 2.45) is 0 Å². The second-order valence-corrected chi connectivity index (χ2v) is 7.40. The van der Waals surface area contributed by atoms with Crippen LogP contribution in [0.4, 0.5) is 22.2 Å². The Kier molecular flexibility index (Phi) is 4.86. The molecule has 28 heavy (non-hydrogen) atoms. The van der Waals surface area contributed by atoms with E-state index in [4.69, 9.17) is 10.5 Å². The molecular formula is C18H21N7O2S. The van der Waals surface area contributed by atoms with Crippen molar-refractivity contribution in [3.63, 3.8) is 0 Å². The second kappa shape index (κ2) is 7.47. The van der Waals surface area contributed by atoms with Crippen molar-refractivity contribution in [1.82, 2.24) is 19.9 Å². The molecule has 2 aromatic heterocycles. The first-order valence-corrected chi connectivity index (χ1v) is 9.76. The lowest BCUT2D eigenvalue weighted by atomic mass is 10.2. The van der Waals surface area contributed by atoms with Gasteiger partial charge in [0.25, 0.3) is 0 Å². The summed E-state index contributed by atoms with van der Waals surface area (Å²) in [4.78, 5) is 30.4. The van der Waals surface area contributed by atoms with E-state index >= 15 is 0 Å². The van der Waals surface area contributed by atoms with Crippen LogP contribution in [-0.4, -0.2) is 58.7 Å². The molecule has 0 aliphatic carbocycles. The summed E-state index contributed by atoms with van der Waals surface area (Å²) < 4.78 is 5.20. The minimum atomic E-state index is -0.138. The van der Waals surface area contributed by atoms with Crippen molar-refractivity contribution in [3.05, 3.63) is 29.8 Å². The van der Waals surface area contributed by atoms with Gasteiger partial charge in [-0.2, -0.15) is 4.98 Å². The fourth-order valence-corrected chi connectivity index (χ4v) is 3.98. The van der Waals surface area contributed by atoms with Gasteiger partial charge in [0.05, 0.1) is 12.6 Å². The zero-order valence-electron chi connectivity index (χ0n) is 15.6. The molecule has 1 atom stereocenters. The minimum Gasteiger partial charge on any atom is -0.497 e. The molecule has 2 amide bonds. The van der Waals surface area contributed by atoms with Gasteiger partial charge in [-0.15, -0.1) is 11.3 Å². The van der Waals surface area contributed by atoms with Crippen molar-refractivity contribution in [3.8, 4) is 5.75 Å². The first kappa shape index (κ1) is 18.2. The first-order valence-electron chi connectivity index (χ1n) is 8.88.